The summed E-state index contributed by atoms with van der Waals surface area (Å²) in [6.45, 7) is 6.43. The van der Waals surface area contributed by atoms with Gasteiger partial charge in [-0.15, -0.1) is 0 Å². The Balaban J connectivity index is 3.60. The highest BCUT2D eigenvalue weighted by atomic mass is 16.3. The second-order valence-electron chi connectivity index (χ2n) is 5.66. The third-order valence-electron chi connectivity index (χ3n) is 3.58. The fraction of sp³-hybridized carbons (Fsp3) is 0.786. The Morgan fingerprint density at radius 3 is 1.45 bits per heavy atom. The molecule has 0 bridgehead atoms. The zero-order valence-electron chi connectivity index (χ0n) is 13.5. The van der Waals surface area contributed by atoms with Crippen molar-refractivity contribution in [3.8, 4) is 0 Å². The lowest BCUT2D eigenvalue weighted by Gasteiger charge is -2.18. The van der Waals surface area contributed by atoms with Crippen LogP contribution in [0.5, 0.6) is 0 Å². The molecule has 1 rings (SSSR count). The van der Waals surface area contributed by atoms with Gasteiger partial charge in [0, 0.05) is 6.04 Å². The summed E-state index contributed by atoms with van der Waals surface area (Å²) in [7, 11) is 0. The molecule has 2 N–H and O–H groups in total. The van der Waals surface area contributed by atoms with Crippen molar-refractivity contribution in [3.05, 3.63) is 31.5 Å². The molecule has 8 heteroatoms. The van der Waals surface area contributed by atoms with E-state index in [1.807, 2.05) is 0 Å². The summed E-state index contributed by atoms with van der Waals surface area (Å²) in [6, 6.07) is -0.435. The van der Waals surface area contributed by atoms with Gasteiger partial charge < -0.3 is 10.2 Å². The van der Waals surface area contributed by atoms with E-state index in [0.29, 0.717) is 12.8 Å². The number of rotatable bonds is 7. The summed E-state index contributed by atoms with van der Waals surface area (Å²) in [4.78, 5) is 37.1. The average Bonchev–Trinajstić information content (AvgIpc) is 2.47. The van der Waals surface area contributed by atoms with Crippen LogP contribution >= 0.6 is 0 Å². The Labute approximate surface area is 128 Å². The SMILES string of the molecule is CCC(O)Cn1c(=O)n(CC(O)CC)c(=O)n(C(C)C)c1=O. The van der Waals surface area contributed by atoms with Crippen molar-refractivity contribution in [3.63, 3.8) is 0 Å². The van der Waals surface area contributed by atoms with Crippen LogP contribution in [0.15, 0.2) is 14.4 Å². The van der Waals surface area contributed by atoms with E-state index in [2.05, 4.69) is 0 Å². The molecule has 1 heterocycles. The van der Waals surface area contributed by atoms with Gasteiger partial charge in [-0.3, -0.25) is 0 Å². The van der Waals surface area contributed by atoms with Crippen molar-refractivity contribution in [2.75, 3.05) is 0 Å². The standard InChI is InChI=1S/C14H25N3O5/c1-5-10(18)7-15-12(20)16(8-11(19)6-2)14(22)17(9(3)4)13(15)21/h9-11,18-19H,5-8H2,1-4H3. The number of hydrogen-bond acceptors (Lipinski definition) is 5. The molecule has 0 saturated heterocycles. The lowest BCUT2D eigenvalue weighted by molar-refractivity contribution is 0.133. The number of aromatic nitrogens is 3. The smallest absolute Gasteiger partial charge is 0.336 e. The van der Waals surface area contributed by atoms with Gasteiger partial charge in [0.2, 0.25) is 0 Å². The molecule has 0 aliphatic heterocycles. The zero-order chi connectivity index (χ0) is 17.0. The van der Waals surface area contributed by atoms with E-state index < -0.39 is 35.3 Å². The van der Waals surface area contributed by atoms with Crippen molar-refractivity contribution < 1.29 is 10.2 Å². The van der Waals surface area contributed by atoms with E-state index >= 15 is 0 Å². The van der Waals surface area contributed by atoms with Crippen molar-refractivity contribution in [1.29, 1.82) is 0 Å². The maximum atomic E-state index is 12.4. The van der Waals surface area contributed by atoms with Crippen LogP contribution in [0.3, 0.4) is 0 Å². The van der Waals surface area contributed by atoms with E-state index in [0.717, 1.165) is 13.7 Å². The lowest BCUT2D eigenvalue weighted by atomic mass is 10.3. The summed E-state index contributed by atoms with van der Waals surface area (Å²) in [5.41, 5.74) is -2.27. The van der Waals surface area contributed by atoms with Crippen LogP contribution in [0, 0.1) is 0 Å². The van der Waals surface area contributed by atoms with Gasteiger partial charge in [-0.2, -0.15) is 0 Å². The van der Waals surface area contributed by atoms with Gasteiger partial charge in [0.25, 0.3) is 0 Å². The topological polar surface area (TPSA) is 106 Å². The molecule has 0 amide bonds. The monoisotopic (exact) mass is 315 g/mol. The Kier molecular flexibility index (Phi) is 6.31. The fourth-order valence-electron chi connectivity index (χ4n) is 2.09. The average molecular weight is 315 g/mol. The first kappa shape index (κ1) is 18.4. The minimum Gasteiger partial charge on any atom is -0.391 e. The maximum Gasteiger partial charge on any atom is 0.336 e. The minimum atomic E-state index is -0.854. The molecule has 2 unspecified atom stereocenters. The molecule has 0 aromatic carbocycles. The number of aliphatic hydroxyl groups is 2. The molecule has 1 aromatic heterocycles. The van der Waals surface area contributed by atoms with Gasteiger partial charge in [-0.05, 0) is 26.7 Å². The van der Waals surface area contributed by atoms with Crippen LogP contribution < -0.4 is 17.1 Å². The largest absolute Gasteiger partial charge is 0.391 e. The van der Waals surface area contributed by atoms with Gasteiger partial charge in [0.1, 0.15) is 0 Å². The summed E-state index contributed by atoms with van der Waals surface area (Å²) in [5.74, 6) is 0. The van der Waals surface area contributed by atoms with Crippen LogP contribution in [0.25, 0.3) is 0 Å². The number of aliphatic hydroxyl groups excluding tert-OH is 2. The third-order valence-corrected chi connectivity index (χ3v) is 3.58. The second kappa shape index (κ2) is 7.55. The molecule has 2 atom stereocenters. The van der Waals surface area contributed by atoms with Crippen molar-refractivity contribution in [1.82, 2.24) is 13.7 Å². The van der Waals surface area contributed by atoms with E-state index in [1.165, 1.54) is 0 Å². The molecule has 22 heavy (non-hydrogen) atoms. The highest BCUT2D eigenvalue weighted by Crippen LogP contribution is 1.97. The molecule has 0 spiro atoms. The molecule has 0 aliphatic rings. The fourth-order valence-corrected chi connectivity index (χ4v) is 2.09. The molecule has 126 valence electrons. The Morgan fingerprint density at radius 2 is 1.18 bits per heavy atom. The molecule has 1 aromatic rings. The molecule has 0 fully saturated rings. The van der Waals surface area contributed by atoms with Crippen molar-refractivity contribution >= 4 is 0 Å². The third kappa shape index (κ3) is 3.75. The van der Waals surface area contributed by atoms with Crippen molar-refractivity contribution in [2.24, 2.45) is 0 Å². The molecule has 0 aliphatic carbocycles. The highest BCUT2D eigenvalue weighted by molar-refractivity contribution is 4.82. The highest BCUT2D eigenvalue weighted by Gasteiger charge is 2.20. The predicted molar refractivity (Wildman–Crippen MR) is 82.2 cm³/mol. The first-order valence-corrected chi connectivity index (χ1v) is 7.56. The van der Waals surface area contributed by atoms with Crippen LogP contribution in [0.2, 0.25) is 0 Å². The lowest BCUT2D eigenvalue weighted by Crippen LogP contribution is -2.56. The van der Waals surface area contributed by atoms with Crippen LogP contribution in [-0.4, -0.2) is 36.1 Å². The van der Waals surface area contributed by atoms with Crippen molar-refractivity contribution in [2.45, 2.75) is 71.9 Å². The van der Waals surface area contributed by atoms with Crippen LogP contribution in [0.4, 0.5) is 0 Å². The molecule has 0 saturated carbocycles. The normalized spacial score (nSPS) is 14.3. The predicted octanol–water partition coefficient (Wildman–Crippen LogP) is -0.706. The Bertz CT molecular complexity index is 620. The molecular weight excluding hydrogens is 290 g/mol. The van der Waals surface area contributed by atoms with Gasteiger partial charge in [0.05, 0.1) is 25.3 Å². The van der Waals surface area contributed by atoms with Gasteiger partial charge >= 0.3 is 17.1 Å². The molecular formula is C14H25N3O5. The van der Waals surface area contributed by atoms with Gasteiger partial charge in [-0.25, -0.2) is 28.1 Å². The Hall–Kier alpha value is -1.67. The minimum absolute atomic E-state index is 0.177. The van der Waals surface area contributed by atoms with E-state index in [4.69, 9.17) is 0 Å². The van der Waals surface area contributed by atoms with E-state index in [9.17, 15) is 24.6 Å². The van der Waals surface area contributed by atoms with E-state index in [1.54, 1.807) is 27.7 Å². The zero-order valence-corrected chi connectivity index (χ0v) is 13.5. The number of nitrogens with zero attached hydrogens (tertiary/aromatic N) is 3. The van der Waals surface area contributed by atoms with Crippen LogP contribution in [0.1, 0.15) is 46.6 Å². The molecule has 8 nitrogen and oxygen atoms in total. The summed E-state index contributed by atoms with van der Waals surface area (Å²) >= 11 is 0. The quantitative estimate of drug-likeness (QED) is 0.691. The summed E-state index contributed by atoms with van der Waals surface area (Å²) in [5, 5.41) is 19.5. The van der Waals surface area contributed by atoms with Gasteiger partial charge in [0.15, 0.2) is 0 Å². The number of hydrogen-bond donors (Lipinski definition) is 2. The Morgan fingerprint density at radius 1 is 0.818 bits per heavy atom. The maximum absolute atomic E-state index is 12.4. The molecule has 0 radical (unpaired) electrons. The van der Waals surface area contributed by atoms with Crippen LogP contribution in [-0.2, 0) is 13.1 Å². The summed E-state index contributed by atoms with van der Waals surface area (Å²) < 4.78 is 2.68. The van der Waals surface area contributed by atoms with Gasteiger partial charge in [-0.1, -0.05) is 13.8 Å². The second-order valence-corrected chi connectivity index (χ2v) is 5.66. The first-order valence-electron chi connectivity index (χ1n) is 7.56. The summed E-state index contributed by atoms with van der Waals surface area (Å²) in [6.07, 6.45) is -0.949. The van der Waals surface area contributed by atoms with E-state index in [-0.39, 0.29) is 13.1 Å². The first-order chi connectivity index (χ1) is 10.2.